The van der Waals surface area contributed by atoms with E-state index in [0.29, 0.717) is 113 Å². The fourth-order valence-electron chi connectivity index (χ4n) is 11.9. The average molecular weight is 1290 g/mol. The summed E-state index contributed by atoms with van der Waals surface area (Å²) in [6, 6.07) is 63.2. The first-order chi connectivity index (χ1) is 45.8. The Balaban J connectivity index is 0.977. The second-order valence-corrected chi connectivity index (χ2v) is 23.5. The van der Waals surface area contributed by atoms with E-state index in [1.54, 1.807) is 129 Å². The lowest BCUT2D eigenvalue weighted by atomic mass is 9.92. The van der Waals surface area contributed by atoms with Crippen LogP contribution in [0.3, 0.4) is 0 Å². The molecule has 96 heavy (non-hydrogen) atoms. The van der Waals surface area contributed by atoms with Gasteiger partial charge in [0.2, 0.25) is 0 Å². The minimum absolute atomic E-state index is 0.0193. The summed E-state index contributed by atoms with van der Waals surface area (Å²) < 4.78 is 175. The smallest absolute Gasteiger partial charge is 0.248 e. The molecule has 3 nitrogen and oxygen atoms in total. The first-order valence-electron chi connectivity index (χ1n) is 30.2. The molecular formula is C81H51F12N3. The number of benzene rings is 10. The number of nitrogens with zero attached hydrogens (tertiary/aromatic N) is 3. The van der Waals surface area contributed by atoms with Gasteiger partial charge < -0.3 is 0 Å². The monoisotopic (exact) mass is 1290 g/mol. The Morgan fingerprint density at radius 3 is 0.833 bits per heavy atom. The van der Waals surface area contributed by atoms with Crippen LogP contribution in [-0.4, -0.2) is 15.0 Å². The maximum atomic E-state index is 14.6. The third kappa shape index (κ3) is 14.0. The van der Waals surface area contributed by atoms with Gasteiger partial charge in [0.05, 0.1) is 55.9 Å². The molecule has 0 atom stereocenters. The highest BCUT2D eigenvalue weighted by Crippen LogP contribution is 2.43. The van der Waals surface area contributed by atoms with Crippen molar-refractivity contribution in [1.29, 1.82) is 0 Å². The van der Waals surface area contributed by atoms with E-state index in [1.165, 1.54) is 6.07 Å². The number of rotatable bonds is 12. The molecule has 10 aromatic carbocycles. The van der Waals surface area contributed by atoms with Gasteiger partial charge in [-0.15, -0.1) is 0 Å². The summed E-state index contributed by atoms with van der Waals surface area (Å²) in [5.41, 5.74) is 5.16. The van der Waals surface area contributed by atoms with Gasteiger partial charge >= 0.3 is 24.7 Å². The quantitative estimate of drug-likeness (QED) is 0.0904. The summed E-state index contributed by atoms with van der Waals surface area (Å²) in [4.78, 5) is 14.5. The van der Waals surface area contributed by atoms with E-state index in [4.69, 9.17) is 15.0 Å². The van der Waals surface area contributed by atoms with Crippen LogP contribution >= 0.6 is 0 Å². The summed E-state index contributed by atoms with van der Waals surface area (Å²) in [5.74, 6) is 0. The first kappa shape index (κ1) is 63.6. The van der Waals surface area contributed by atoms with Gasteiger partial charge in [0.15, 0.2) is 0 Å². The average Bonchev–Trinajstić information content (AvgIpc) is 0.807. The maximum Gasteiger partial charge on any atom is 0.416 e. The summed E-state index contributed by atoms with van der Waals surface area (Å²) in [7, 11) is 0. The highest BCUT2D eigenvalue weighted by atomic mass is 19.4. The summed E-state index contributed by atoms with van der Waals surface area (Å²) >= 11 is 0. The zero-order valence-electron chi connectivity index (χ0n) is 50.9. The lowest BCUT2D eigenvalue weighted by Crippen LogP contribution is -2.11. The lowest BCUT2D eigenvalue weighted by Gasteiger charge is -2.16. The SMILES string of the molecule is Cc1cc(-c2cc(-c3ccc4ccccc4n3)ccc2C=Cc2cc(C=Cc3ccc(-c4ccc5ccccc5n4)cc3-c3cc(C(F)(F)F)cc(C(F)(F)F)c3)cc(/C=C\c3ccc(-c4ccc5ccccc5n4)cc3-c3cc(C)cc(C(F)(F)F)c3)c2)cc(C(F)(F)F)c1. The predicted octanol–water partition coefficient (Wildman–Crippen LogP) is 24.5. The Morgan fingerprint density at radius 2 is 0.531 bits per heavy atom. The number of hydrogen-bond donors (Lipinski definition) is 0. The molecule has 3 heterocycles. The van der Waals surface area contributed by atoms with Crippen LogP contribution in [-0.2, 0) is 24.7 Å². The minimum atomic E-state index is -5.16. The predicted molar refractivity (Wildman–Crippen MR) is 361 cm³/mol. The van der Waals surface area contributed by atoms with Crippen molar-refractivity contribution in [3.05, 3.63) is 303 Å². The number of alkyl halides is 12. The number of halogens is 12. The van der Waals surface area contributed by atoms with Crippen molar-refractivity contribution in [1.82, 2.24) is 15.0 Å². The number of fused-ring (bicyclic) bond motifs is 3. The van der Waals surface area contributed by atoms with E-state index in [1.807, 2.05) is 109 Å². The van der Waals surface area contributed by atoms with Gasteiger partial charge in [-0.25, -0.2) is 15.0 Å². The molecule has 0 saturated heterocycles. The van der Waals surface area contributed by atoms with Gasteiger partial charge in [-0.2, -0.15) is 52.7 Å². The molecule has 0 radical (unpaired) electrons. The summed E-state index contributed by atoms with van der Waals surface area (Å²) in [6.45, 7) is 3.16. The molecule has 474 valence electrons. The second-order valence-electron chi connectivity index (χ2n) is 23.5. The molecule has 0 aliphatic rings. The zero-order chi connectivity index (χ0) is 67.3. The van der Waals surface area contributed by atoms with Gasteiger partial charge in [0.1, 0.15) is 0 Å². The topological polar surface area (TPSA) is 38.7 Å². The standard InChI is InChI=1S/C81H51F12N3/c1-48-33-62(40-65(35-48)78(82,83)84)69-44-59(75-30-27-56-9-3-6-12-72(56)94-75)24-21-53(69)18-15-50-37-51(16-19-54-22-25-60(76-31-28-57-10-4-7-13-73(57)95-76)45-70(54)63-34-49(2)36-66(41-63)79(85,86)87)39-52(38-50)17-20-55-23-26-61(77-32-29-58-11-5-8-14-74(58)96-77)46-71(55)64-42-67(80(88,89)90)47-68(43-64)81(91,92)93/h3-47H,1-2H3/b18-15-,19-16?,20-17?. The Labute approximate surface area is 543 Å². The molecule has 0 spiro atoms. The molecule has 0 bridgehead atoms. The van der Waals surface area contributed by atoms with Crippen LogP contribution in [0.2, 0.25) is 0 Å². The van der Waals surface area contributed by atoms with Gasteiger partial charge in [-0.3, -0.25) is 0 Å². The number of aromatic nitrogens is 3. The van der Waals surface area contributed by atoms with E-state index in [0.717, 1.165) is 40.4 Å². The highest BCUT2D eigenvalue weighted by Gasteiger charge is 2.38. The Kier molecular flexibility index (Phi) is 16.7. The van der Waals surface area contributed by atoms with Crippen molar-refractivity contribution in [2.24, 2.45) is 0 Å². The van der Waals surface area contributed by atoms with E-state index in [9.17, 15) is 52.7 Å². The Hall–Kier alpha value is -11.2. The number of para-hydroxylation sites is 3. The van der Waals surface area contributed by atoms with Crippen LogP contribution in [0.15, 0.2) is 237 Å². The fraction of sp³-hybridized carbons (Fsp3) is 0.0741. The van der Waals surface area contributed by atoms with Gasteiger partial charge in [-0.05, 0) is 207 Å². The first-order valence-corrected chi connectivity index (χ1v) is 30.2. The molecular weight excluding hydrogens is 1240 g/mol. The molecule has 0 aliphatic heterocycles. The second kappa shape index (κ2) is 25.3. The zero-order valence-corrected chi connectivity index (χ0v) is 50.9. The van der Waals surface area contributed by atoms with Crippen LogP contribution in [0, 0.1) is 13.8 Å². The third-order valence-electron chi connectivity index (χ3n) is 16.5. The molecule has 13 rings (SSSR count). The van der Waals surface area contributed by atoms with Gasteiger partial charge in [0, 0.05) is 32.8 Å². The summed E-state index contributed by atoms with van der Waals surface area (Å²) in [6.07, 6.45) is -9.46. The Bertz CT molecular complexity index is 5030. The minimum Gasteiger partial charge on any atom is -0.248 e. The van der Waals surface area contributed by atoms with Crippen LogP contribution < -0.4 is 0 Å². The molecule has 0 aliphatic carbocycles. The van der Waals surface area contributed by atoms with Crippen molar-refractivity contribution in [3.8, 4) is 67.2 Å². The molecule has 3 aromatic heterocycles. The normalized spacial score (nSPS) is 12.6. The van der Waals surface area contributed by atoms with Gasteiger partial charge in [0.25, 0.3) is 0 Å². The molecule has 0 saturated carbocycles. The van der Waals surface area contributed by atoms with Crippen molar-refractivity contribution in [3.63, 3.8) is 0 Å². The van der Waals surface area contributed by atoms with E-state index in [-0.39, 0.29) is 33.9 Å². The number of aryl methyl sites for hydroxylation is 2. The lowest BCUT2D eigenvalue weighted by molar-refractivity contribution is -0.143. The van der Waals surface area contributed by atoms with E-state index >= 15 is 0 Å². The van der Waals surface area contributed by atoms with E-state index < -0.39 is 47.0 Å². The molecule has 0 amide bonds. The number of hydrogen-bond acceptors (Lipinski definition) is 3. The van der Waals surface area contributed by atoms with Crippen molar-refractivity contribution >= 4 is 69.2 Å². The molecule has 0 unspecified atom stereocenters. The maximum absolute atomic E-state index is 14.6. The number of pyridine rings is 3. The third-order valence-corrected chi connectivity index (χ3v) is 16.5. The van der Waals surface area contributed by atoms with Crippen molar-refractivity contribution < 1.29 is 52.7 Å². The fourth-order valence-corrected chi connectivity index (χ4v) is 11.9. The molecule has 13 aromatic rings. The van der Waals surface area contributed by atoms with Crippen LogP contribution in [0.25, 0.3) is 136 Å². The largest absolute Gasteiger partial charge is 0.416 e. The van der Waals surface area contributed by atoms with Crippen molar-refractivity contribution in [2.75, 3.05) is 0 Å². The highest BCUT2D eigenvalue weighted by molar-refractivity contribution is 5.92. The molecule has 15 heteroatoms. The van der Waals surface area contributed by atoms with Crippen LogP contribution in [0.4, 0.5) is 52.7 Å². The summed E-state index contributed by atoms with van der Waals surface area (Å²) in [5, 5.41) is 2.59. The molecule has 0 fully saturated rings. The molecule has 0 N–H and O–H groups in total. The van der Waals surface area contributed by atoms with Crippen LogP contribution in [0.1, 0.15) is 66.8 Å². The van der Waals surface area contributed by atoms with Crippen LogP contribution in [0.5, 0.6) is 0 Å². The van der Waals surface area contributed by atoms with Gasteiger partial charge in [-0.1, -0.05) is 158 Å². The Morgan fingerprint density at radius 1 is 0.250 bits per heavy atom. The van der Waals surface area contributed by atoms with E-state index in [2.05, 4.69) is 0 Å². The van der Waals surface area contributed by atoms with Crippen molar-refractivity contribution in [2.45, 2.75) is 38.6 Å².